The maximum absolute atomic E-state index is 5.81. The predicted octanol–water partition coefficient (Wildman–Crippen LogP) is 3.27. The molecule has 2 N–H and O–H groups in total. The first-order valence-corrected chi connectivity index (χ1v) is 5.96. The molecule has 78 valence electrons. The number of benzene rings is 2. The maximum Gasteiger partial charge on any atom is 0.0478 e. The van der Waals surface area contributed by atoms with Crippen molar-refractivity contribution in [3.63, 3.8) is 0 Å². The van der Waals surface area contributed by atoms with Crippen molar-refractivity contribution >= 4 is 28.3 Å². The zero-order chi connectivity index (χ0) is 11.4. The molecule has 0 aromatic heterocycles. The summed E-state index contributed by atoms with van der Waals surface area (Å²) >= 11 is 2.27. The molecule has 0 atom stereocenters. The molecule has 0 bridgehead atoms. The highest BCUT2D eigenvalue weighted by Gasteiger charge is 1.91. The molecule has 0 radical (unpaired) electrons. The van der Waals surface area contributed by atoms with E-state index in [9.17, 15) is 0 Å². The molecule has 0 spiro atoms. The van der Waals surface area contributed by atoms with Crippen LogP contribution in [0.1, 0.15) is 11.1 Å². The van der Waals surface area contributed by atoms with Gasteiger partial charge in [0.2, 0.25) is 0 Å². The summed E-state index contributed by atoms with van der Waals surface area (Å²) in [5.74, 6) is 6.17. The molecular formula is C14H10IN. The Hall–Kier alpha value is -1.47. The number of hydrogen-bond acceptors (Lipinski definition) is 1. The van der Waals surface area contributed by atoms with Gasteiger partial charge >= 0.3 is 0 Å². The maximum atomic E-state index is 5.81. The minimum atomic E-state index is 0.723. The van der Waals surface area contributed by atoms with Crippen LogP contribution in [-0.2, 0) is 0 Å². The number of nitrogens with two attached hydrogens (primary N) is 1. The van der Waals surface area contributed by atoms with Crippen molar-refractivity contribution in [3.05, 3.63) is 63.2 Å². The summed E-state index contributed by atoms with van der Waals surface area (Å²) < 4.78 is 1.21. The van der Waals surface area contributed by atoms with Gasteiger partial charge in [-0.05, 0) is 59.0 Å². The lowest BCUT2D eigenvalue weighted by molar-refractivity contribution is 1.59. The molecular weight excluding hydrogens is 309 g/mol. The normalized spacial score (nSPS) is 9.31. The smallest absolute Gasteiger partial charge is 0.0478 e. The van der Waals surface area contributed by atoms with E-state index in [0.29, 0.717) is 0 Å². The highest BCUT2D eigenvalue weighted by Crippen LogP contribution is 2.09. The summed E-state index contributed by atoms with van der Waals surface area (Å²) in [6.45, 7) is 0. The lowest BCUT2D eigenvalue weighted by Crippen LogP contribution is -1.88. The van der Waals surface area contributed by atoms with E-state index in [-0.39, 0.29) is 0 Å². The molecule has 2 rings (SSSR count). The lowest BCUT2D eigenvalue weighted by Gasteiger charge is -1.95. The molecule has 2 aromatic rings. The van der Waals surface area contributed by atoms with Gasteiger partial charge in [0.05, 0.1) is 0 Å². The average Bonchev–Trinajstić information content (AvgIpc) is 2.30. The van der Waals surface area contributed by atoms with E-state index >= 15 is 0 Å². The molecule has 16 heavy (non-hydrogen) atoms. The third kappa shape index (κ3) is 2.77. The first-order valence-electron chi connectivity index (χ1n) is 4.88. The van der Waals surface area contributed by atoms with E-state index in [1.54, 1.807) is 0 Å². The second-order valence-corrected chi connectivity index (χ2v) is 4.59. The van der Waals surface area contributed by atoms with Crippen molar-refractivity contribution in [2.75, 3.05) is 5.73 Å². The van der Waals surface area contributed by atoms with E-state index in [1.165, 1.54) is 3.57 Å². The molecule has 0 aliphatic carbocycles. The van der Waals surface area contributed by atoms with Crippen LogP contribution in [0, 0.1) is 15.4 Å². The monoisotopic (exact) mass is 319 g/mol. The molecule has 2 aromatic carbocycles. The van der Waals surface area contributed by atoms with Crippen molar-refractivity contribution in [3.8, 4) is 11.8 Å². The second kappa shape index (κ2) is 5.04. The van der Waals surface area contributed by atoms with E-state index in [1.807, 2.05) is 48.5 Å². The van der Waals surface area contributed by atoms with Crippen molar-refractivity contribution in [1.82, 2.24) is 0 Å². The number of hydrogen-bond donors (Lipinski definition) is 1. The van der Waals surface area contributed by atoms with Crippen LogP contribution >= 0.6 is 22.6 Å². The van der Waals surface area contributed by atoms with E-state index < -0.39 is 0 Å². The van der Waals surface area contributed by atoms with Gasteiger partial charge in [0.1, 0.15) is 0 Å². The number of para-hydroxylation sites is 1. The Morgan fingerprint density at radius 1 is 0.875 bits per heavy atom. The fourth-order valence-electron chi connectivity index (χ4n) is 1.28. The van der Waals surface area contributed by atoms with E-state index in [4.69, 9.17) is 5.73 Å². The first kappa shape index (κ1) is 11.0. The van der Waals surface area contributed by atoms with Crippen LogP contribution in [0.15, 0.2) is 48.5 Å². The molecule has 0 aliphatic heterocycles. The Kier molecular flexibility index (Phi) is 3.47. The molecule has 0 fully saturated rings. The van der Waals surface area contributed by atoms with E-state index in [0.717, 1.165) is 16.8 Å². The number of nitrogen functional groups attached to an aromatic ring is 1. The quantitative estimate of drug-likeness (QED) is 0.450. The molecule has 0 heterocycles. The van der Waals surface area contributed by atoms with Gasteiger partial charge in [0.25, 0.3) is 0 Å². The molecule has 0 unspecified atom stereocenters. The Balaban J connectivity index is 2.29. The molecule has 0 saturated heterocycles. The van der Waals surface area contributed by atoms with Crippen LogP contribution in [-0.4, -0.2) is 0 Å². The second-order valence-electron chi connectivity index (χ2n) is 3.34. The lowest BCUT2D eigenvalue weighted by atomic mass is 10.1. The first-order chi connectivity index (χ1) is 7.75. The Morgan fingerprint density at radius 2 is 1.56 bits per heavy atom. The van der Waals surface area contributed by atoms with Crippen LogP contribution in [0.25, 0.3) is 0 Å². The van der Waals surface area contributed by atoms with Crippen LogP contribution in [0.5, 0.6) is 0 Å². The van der Waals surface area contributed by atoms with Gasteiger partial charge < -0.3 is 5.73 Å². The fourth-order valence-corrected chi connectivity index (χ4v) is 1.64. The van der Waals surface area contributed by atoms with Crippen molar-refractivity contribution in [2.24, 2.45) is 0 Å². The Labute approximate surface area is 109 Å². The molecule has 1 nitrogen and oxygen atoms in total. The molecule has 2 heteroatoms. The SMILES string of the molecule is Nc1ccccc1C#Cc1ccc(I)cc1. The van der Waals surface area contributed by atoms with E-state index in [2.05, 4.69) is 34.4 Å². The van der Waals surface area contributed by atoms with Gasteiger partial charge in [0, 0.05) is 20.4 Å². The molecule has 0 saturated carbocycles. The standard InChI is InChI=1S/C14H10IN/c15-13-9-6-11(7-10-13)5-8-12-3-1-2-4-14(12)16/h1-4,6-7,9-10H,16H2. The zero-order valence-corrected chi connectivity index (χ0v) is 10.7. The van der Waals surface area contributed by atoms with Crippen molar-refractivity contribution < 1.29 is 0 Å². The summed E-state index contributed by atoms with van der Waals surface area (Å²) in [5.41, 5.74) is 8.41. The van der Waals surface area contributed by atoms with Crippen molar-refractivity contribution in [1.29, 1.82) is 0 Å². The minimum Gasteiger partial charge on any atom is -0.398 e. The summed E-state index contributed by atoms with van der Waals surface area (Å²) in [4.78, 5) is 0. The van der Waals surface area contributed by atoms with Gasteiger partial charge in [-0.25, -0.2) is 0 Å². The highest BCUT2D eigenvalue weighted by atomic mass is 127. The van der Waals surface area contributed by atoms with Gasteiger partial charge in [-0.2, -0.15) is 0 Å². The van der Waals surface area contributed by atoms with Crippen molar-refractivity contribution in [2.45, 2.75) is 0 Å². The number of anilines is 1. The van der Waals surface area contributed by atoms with Crippen LogP contribution < -0.4 is 5.73 Å². The summed E-state index contributed by atoms with van der Waals surface area (Å²) in [7, 11) is 0. The van der Waals surface area contributed by atoms with Gasteiger partial charge in [-0.3, -0.25) is 0 Å². The largest absolute Gasteiger partial charge is 0.398 e. The Morgan fingerprint density at radius 3 is 2.25 bits per heavy atom. The van der Waals surface area contributed by atoms with Crippen LogP contribution in [0.3, 0.4) is 0 Å². The minimum absolute atomic E-state index is 0.723. The van der Waals surface area contributed by atoms with Gasteiger partial charge in [0.15, 0.2) is 0 Å². The van der Waals surface area contributed by atoms with Gasteiger partial charge in [-0.15, -0.1) is 0 Å². The third-order valence-electron chi connectivity index (χ3n) is 2.15. The fraction of sp³-hybridized carbons (Fsp3) is 0. The van der Waals surface area contributed by atoms with Gasteiger partial charge in [-0.1, -0.05) is 24.0 Å². The average molecular weight is 319 g/mol. The topological polar surface area (TPSA) is 26.0 Å². The number of halogens is 1. The predicted molar refractivity (Wildman–Crippen MR) is 76.0 cm³/mol. The summed E-state index contributed by atoms with van der Waals surface area (Å²) in [6.07, 6.45) is 0. The molecule has 0 amide bonds. The van der Waals surface area contributed by atoms with Crippen LogP contribution in [0.4, 0.5) is 5.69 Å². The third-order valence-corrected chi connectivity index (χ3v) is 2.87. The Bertz CT molecular complexity index is 547. The zero-order valence-electron chi connectivity index (χ0n) is 8.57. The summed E-state index contributed by atoms with van der Waals surface area (Å²) in [6, 6.07) is 15.7. The van der Waals surface area contributed by atoms with Crippen LogP contribution in [0.2, 0.25) is 0 Å². The number of rotatable bonds is 0. The summed E-state index contributed by atoms with van der Waals surface area (Å²) in [5, 5.41) is 0. The molecule has 0 aliphatic rings. The highest BCUT2D eigenvalue weighted by molar-refractivity contribution is 14.1.